The molecule has 0 spiro atoms. The lowest BCUT2D eigenvalue weighted by atomic mass is 9.78. The van der Waals surface area contributed by atoms with E-state index >= 15 is 0 Å². The average Bonchev–Trinajstić information content (AvgIpc) is 2.27. The fraction of sp³-hybridized carbons (Fsp3) is 1.00. The molecular formula is C15H32N2. The summed E-state index contributed by atoms with van der Waals surface area (Å²) in [5.74, 6) is 0. The van der Waals surface area contributed by atoms with Crippen molar-refractivity contribution in [1.82, 2.24) is 4.90 Å². The summed E-state index contributed by atoms with van der Waals surface area (Å²) >= 11 is 0. The summed E-state index contributed by atoms with van der Waals surface area (Å²) in [7, 11) is 0. The van der Waals surface area contributed by atoms with Crippen LogP contribution < -0.4 is 5.73 Å². The minimum Gasteiger partial charge on any atom is -0.329 e. The number of piperidine rings is 1. The largest absolute Gasteiger partial charge is 0.329 e. The van der Waals surface area contributed by atoms with E-state index in [1.165, 1.54) is 51.6 Å². The Balaban J connectivity index is 2.80. The van der Waals surface area contributed by atoms with Crippen molar-refractivity contribution < 1.29 is 0 Å². The van der Waals surface area contributed by atoms with Gasteiger partial charge in [-0.3, -0.25) is 4.90 Å². The second kappa shape index (κ2) is 6.19. The molecule has 0 aromatic heterocycles. The fourth-order valence-corrected chi connectivity index (χ4v) is 3.53. The third-order valence-corrected chi connectivity index (χ3v) is 4.38. The fourth-order valence-electron chi connectivity index (χ4n) is 3.53. The Hall–Kier alpha value is -0.0800. The molecule has 1 aliphatic rings. The number of nitrogens with two attached hydrogens (primary N) is 1. The quantitative estimate of drug-likeness (QED) is 0.771. The van der Waals surface area contributed by atoms with E-state index in [-0.39, 0.29) is 5.54 Å². The highest BCUT2D eigenvalue weighted by Gasteiger charge is 2.38. The van der Waals surface area contributed by atoms with Gasteiger partial charge in [-0.15, -0.1) is 0 Å². The van der Waals surface area contributed by atoms with Gasteiger partial charge in [0.15, 0.2) is 0 Å². The van der Waals surface area contributed by atoms with Crippen LogP contribution in [0.5, 0.6) is 0 Å². The van der Waals surface area contributed by atoms with Gasteiger partial charge in [0.1, 0.15) is 0 Å². The van der Waals surface area contributed by atoms with Crippen LogP contribution in [-0.2, 0) is 0 Å². The van der Waals surface area contributed by atoms with Gasteiger partial charge in [0.25, 0.3) is 0 Å². The van der Waals surface area contributed by atoms with E-state index in [1.54, 1.807) is 0 Å². The second-order valence-corrected chi connectivity index (χ2v) is 6.62. The van der Waals surface area contributed by atoms with Gasteiger partial charge in [-0.2, -0.15) is 0 Å². The predicted molar refractivity (Wildman–Crippen MR) is 76.2 cm³/mol. The summed E-state index contributed by atoms with van der Waals surface area (Å²) in [6.07, 6.45) is 7.70. The van der Waals surface area contributed by atoms with E-state index in [9.17, 15) is 0 Å². The van der Waals surface area contributed by atoms with Crippen LogP contribution in [0.15, 0.2) is 0 Å². The molecule has 0 aromatic carbocycles. The van der Waals surface area contributed by atoms with Crippen LogP contribution in [0.2, 0.25) is 0 Å². The minimum atomic E-state index is 0.279. The van der Waals surface area contributed by atoms with E-state index in [2.05, 4.69) is 32.6 Å². The van der Waals surface area contributed by atoms with Crippen molar-refractivity contribution in [2.24, 2.45) is 11.1 Å². The van der Waals surface area contributed by atoms with Crippen molar-refractivity contribution in [3.8, 4) is 0 Å². The summed E-state index contributed by atoms with van der Waals surface area (Å²) < 4.78 is 0. The van der Waals surface area contributed by atoms with E-state index < -0.39 is 0 Å². The lowest BCUT2D eigenvalue weighted by Gasteiger charge is -2.50. The molecule has 0 aliphatic carbocycles. The van der Waals surface area contributed by atoms with Crippen molar-refractivity contribution >= 4 is 0 Å². The summed E-state index contributed by atoms with van der Waals surface area (Å²) in [6, 6.07) is 0. The summed E-state index contributed by atoms with van der Waals surface area (Å²) in [6.45, 7) is 12.7. The molecule has 2 nitrogen and oxygen atoms in total. The van der Waals surface area contributed by atoms with Crippen LogP contribution in [0.4, 0.5) is 0 Å². The zero-order valence-electron chi connectivity index (χ0n) is 12.4. The molecule has 102 valence electrons. The Bertz CT molecular complexity index is 217. The van der Waals surface area contributed by atoms with E-state index in [1.807, 2.05) is 0 Å². The van der Waals surface area contributed by atoms with Crippen molar-refractivity contribution in [2.45, 2.75) is 71.8 Å². The maximum Gasteiger partial charge on any atom is 0.0331 e. The number of hydrogen-bond acceptors (Lipinski definition) is 2. The van der Waals surface area contributed by atoms with Crippen LogP contribution in [0.3, 0.4) is 0 Å². The van der Waals surface area contributed by atoms with E-state index in [4.69, 9.17) is 5.73 Å². The van der Waals surface area contributed by atoms with Gasteiger partial charge in [-0.05, 0) is 37.6 Å². The molecule has 1 saturated heterocycles. The number of likely N-dealkylation sites (tertiary alicyclic amines) is 1. The Morgan fingerprint density at radius 3 is 2.18 bits per heavy atom. The molecule has 1 heterocycles. The van der Waals surface area contributed by atoms with Crippen molar-refractivity contribution in [3.63, 3.8) is 0 Å². The third-order valence-electron chi connectivity index (χ3n) is 4.38. The molecule has 0 radical (unpaired) electrons. The highest BCUT2D eigenvalue weighted by atomic mass is 15.2. The smallest absolute Gasteiger partial charge is 0.0331 e. The van der Waals surface area contributed by atoms with Gasteiger partial charge >= 0.3 is 0 Å². The van der Waals surface area contributed by atoms with Gasteiger partial charge in [0.2, 0.25) is 0 Å². The van der Waals surface area contributed by atoms with Crippen LogP contribution in [0.25, 0.3) is 0 Å². The predicted octanol–water partition coefficient (Wildman–Crippen LogP) is 3.41. The first kappa shape index (κ1) is 15.0. The zero-order chi connectivity index (χ0) is 12.9. The molecule has 2 heteroatoms. The lowest BCUT2D eigenvalue weighted by Crippen LogP contribution is -2.58. The van der Waals surface area contributed by atoms with Gasteiger partial charge in [-0.25, -0.2) is 0 Å². The number of hydrogen-bond donors (Lipinski definition) is 1. The van der Waals surface area contributed by atoms with E-state index in [0.717, 1.165) is 6.54 Å². The van der Waals surface area contributed by atoms with Crippen LogP contribution in [-0.4, -0.2) is 30.1 Å². The number of nitrogens with zero attached hydrogens (tertiary/aromatic N) is 1. The van der Waals surface area contributed by atoms with Gasteiger partial charge in [0.05, 0.1) is 0 Å². The van der Waals surface area contributed by atoms with E-state index in [0.29, 0.717) is 5.41 Å². The summed E-state index contributed by atoms with van der Waals surface area (Å²) in [5, 5.41) is 0. The topological polar surface area (TPSA) is 29.3 Å². The first-order valence-corrected chi connectivity index (χ1v) is 7.45. The molecule has 1 fully saturated rings. The highest BCUT2D eigenvalue weighted by Crippen LogP contribution is 2.36. The van der Waals surface area contributed by atoms with Gasteiger partial charge < -0.3 is 5.73 Å². The Kier molecular flexibility index (Phi) is 5.46. The Labute approximate surface area is 108 Å². The zero-order valence-corrected chi connectivity index (χ0v) is 12.4. The standard InChI is InChI=1S/C15H32N2/c1-5-8-15(12-16,9-6-2)17-11-7-10-14(3,4)13-17/h5-13,16H2,1-4H3. The van der Waals surface area contributed by atoms with Gasteiger partial charge in [0, 0.05) is 18.6 Å². The molecular weight excluding hydrogens is 208 g/mol. The van der Waals surface area contributed by atoms with Gasteiger partial charge in [-0.1, -0.05) is 40.5 Å². The van der Waals surface area contributed by atoms with Crippen LogP contribution in [0, 0.1) is 5.41 Å². The highest BCUT2D eigenvalue weighted by molar-refractivity contribution is 4.95. The molecule has 17 heavy (non-hydrogen) atoms. The Morgan fingerprint density at radius 2 is 1.76 bits per heavy atom. The SMILES string of the molecule is CCCC(CN)(CCC)N1CCCC(C)(C)C1. The first-order valence-electron chi connectivity index (χ1n) is 7.45. The molecule has 0 unspecified atom stereocenters. The van der Waals surface area contributed by atoms with Crippen LogP contribution in [0.1, 0.15) is 66.2 Å². The maximum absolute atomic E-state index is 6.16. The molecule has 0 saturated carbocycles. The van der Waals surface area contributed by atoms with Crippen LogP contribution >= 0.6 is 0 Å². The number of rotatable bonds is 6. The van der Waals surface area contributed by atoms with Crippen molar-refractivity contribution in [3.05, 3.63) is 0 Å². The molecule has 2 N–H and O–H groups in total. The Morgan fingerprint density at radius 1 is 1.18 bits per heavy atom. The molecule has 1 aliphatic heterocycles. The molecule has 0 amide bonds. The van der Waals surface area contributed by atoms with Crippen molar-refractivity contribution in [1.29, 1.82) is 0 Å². The molecule has 0 aromatic rings. The second-order valence-electron chi connectivity index (χ2n) is 6.62. The minimum absolute atomic E-state index is 0.279. The third kappa shape index (κ3) is 3.69. The monoisotopic (exact) mass is 240 g/mol. The molecule has 0 atom stereocenters. The maximum atomic E-state index is 6.16. The molecule has 1 rings (SSSR count). The molecule has 0 bridgehead atoms. The summed E-state index contributed by atoms with van der Waals surface area (Å²) in [5.41, 5.74) is 6.91. The summed E-state index contributed by atoms with van der Waals surface area (Å²) in [4.78, 5) is 2.71. The first-order chi connectivity index (χ1) is 7.99. The lowest BCUT2D eigenvalue weighted by molar-refractivity contribution is 0.00693. The van der Waals surface area contributed by atoms with Crippen molar-refractivity contribution in [2.75, 3.05) is 19.6 Å². The normalized spacial score (nSPS) is 21.7. The average molecular weight is 240 g/mol.